The summed E-state index contributed by atoms with van der Waals surface area (Å²) >= 11 is 1.27. The molecule has 0 aliphatic carbocycles. The number of unbranched alkanes of at least 4 members (excludes halogenated alkanes) is 1. The predicted molar refractivity (Wildman–Crippen MR) is 114 cm³/mol. The zero-order valence-electron chi connectivity index (χ0n) is 16.0. The summed E-state index contributed by atoms with van der Waals surface area (Å²) in [6.45, 7) is 2.18. The van der Waals surface area contributed by atoms with Crippen LogP contribution in [0, 0.1) is 0 Å². The monoisotopic (exact) mass is 395 g/mol. The fourth-order valence-corrected chi connectivity index (χ4v) is 3.44. The fourth-order valence-electron chi connectivity index (χ4n) is 2.77. The minimum atomic E-state index is -0.0982. The molecule has 28 heavy (non-hydrogen) atoms. The van der Waals surface area contributed by atoms with E-state index in [4.69, 9.17) is 5.84 Å². The molecule has 0 aliphatic rings. The number of carbonyl (C=O) groups is 1. The summed E-state index contributed by atoms with van der Waals surface area (Å²) in [6.07, 6.45) is 4.02. The van der Waals surface area contributed by atoms with Gasteiger partial charge in [0, 0.05) is 12.1 Å². The summed E-state index contributed by atoms with van der Waals surface area (Å²) < 4.78 is 1.45. The summed E-state index contributed by atoms with van der Waals surface area (Å²) in [5, 5.41) is 11.7. The van der Waals surface area contributed by atoms with Gasteiger partial charge in [-0.1, -0.05) is 67.6 Å². The first-order valence-corrected chi connectivity index (χ1v) is 10.4. The summed E-state index contributed by atoms with van der Waals surface area (Å²) in [5.74, 6) is 6.87. The highest BCUT2D eigenvalue weighted by Gasteiger charge is 2.13. The third-order valence-corrected chi connectivity index (χ3v) is 5.27. The number of aryl methyl sites for hydroxylation is 1. The second-order valence-corrected chi connectivity index (χ2v) is 7.51. The van der Waals surface area contributed by atoms with Crippen molar-refractivity contribution in [2.24, 2.45) is 0 Å². The van der Waals surface area contributed by atoms with E-state index in [9.17, 15) is 4.79 Å². The number of aromatic nitrogens is 3. The molecule has 0 unspecified atom stereocenters. The highest BCUT2D eigenvalue weighted by Crippen LogP contribution is 2.17. The van der Waals surface area contributed by atoms with Crippen LogP contribution in [0.4, 0.5) is 5.69 Å². The molecular formula is C21H25N5OS. The van der Waals surface area contributed by atoms with Crippen LogP contribution in [0.3, 0.4) is 0 Å². The molecule has 1 amide bonds. The normalized spacial score (nSPS) is 10.8. The predicted octanol–water partition coefficient (Wildman–Crippen LogP) is 3.66. The summed E-state index contributed by atoms with van der Waals surface area (Å²) in [6, 6.07) is 18.0. The largest absolute Gasteiger partial charge is 0.336 e. The van der Waals surface area contributed by atoms with E-state index in [1.807, 2.05) is 42.5 Å². The van der Waals surface area contributed by atoms with E-state index in [2.05, 4.69) is 34.6 Å². The molecule has 0 atom stereocenters. The first-order chi connectivity index (χ1) is 13.7. The summed E-state index contributed by atoms with van der Waals surface area (Å²) in [5.41, 5.74) is 3.19. The minimum Gasteiger partial charge on any atom is -0.336 e. The second-order valence-electron chi connectivity index (χ2n) is 6.57. The van der Waals surface area contributed by atoms with Gasteiger partial charge in [0.05, 0.1) is 5.75 Å². The second kappa shape index (κ2) is 9.94. The Labute approximate surface area is 169 Å². The van der Waals surface area contributed by atoms with E-state index >= 15 is 0 Å². The van der Waals surface area contributed by atoms with Crippen LogP contribution in [0.1, 0.15) is 36.7 Å². The summed E-state index contributed by atoms with van der Waals surface area (Å²) in [7, 11) is 0. The lowest BCUT2D eigenvalue weighted by Crippen LogP contribution is -2.17. The van der Waals surface area contributed by atoms with Crippen LogP contribution in [-0.2, 0) is 17.6 Å². The van der Waals surface area contributed by atoms with Gasteiger partial charge in [-0.25, -0.2) is 4.68 Å². The molecule has 3 rings (SSSR count). The van der Waals surface area contributed by atoms with E-state index in [1.165, 1.54) is 34.8 Å². The SMILES string of the molecule is CCCCc1ccc(NC(=O)CSc2nnc(Cc3ccccc3)n2N)cc1. The Kier molecular flexibility index (Phi) is 7.08. The average molecular weight is 396 g/mol. The van der Waals surface area contributed by atoms with Gasteiger partial charge < -0.3 is 11.2 Å². The Morgan fingerprint density at radius 3 is 2.54 bits per heavy atom. The number of anilines is 1. The molecule has 7 heteroatoms. The van der Waals surface area contributed by atoms with E-state index < -0.39 is 0 Å². The molecule has 3 aromatic rings. The number of nitrogens with two attached hydrogens (primary N) is 1. The minimum absolute atomic E-state index is 0.0982. The van der Waals surface area contributed by atoms with Crippen molar-refractivity contribution in [3.8, 4) is 0 Å². The van der Waals surface area contributed by atoms with Crippen LogP contribution in [0.2, 0.25) is 0 Å². The summed E-state index contributed by atoms with van der Waals surface area (Å²) in [4.78, 5) is 12.2. The lowest BCUT2D eigenvalue weighted by molar-refractivity contribution is -0.113. The number of amides is 1. The van der Waals surface area contributed by atoms with Gasteiger partial charge >= 0.3 is 0 Å². The van der Waals surface area contributed by atoms with Gasteiger partial charge in [0.1, 0.15) is 0 Å². The van der Waals surface area contributed by atoms with Crippen LogP contribution in [0.25, 0.3) is 0 Å². The van der Waals surface area contributed by atoms with Crippen molar-refractivity contribution < 1.29 is 4.79 Å². The van der Waals surface area contributed by atoms with Gasteiger partial charge in [0.2, 0.25) is 11.1 Å². The van der Waals surface area contributed by atoms with E-state index in [0.717, 1.165) is 17.7 Å². The van der Waals surface area contributed by atoms with Crippen LogP contribution in [0.15, 0.2) is 59.8 Å². The third-order valence-electron chi connectivity index (χ3n) is 4.33. The number of carbonyl (C=O) groups excluding carboxylic acids is 1. The van der Waals surface area contributed by atoms with Crippen molar-refractivity contribution in [3.05, 3.63) is 71.5 Å². The molecule has 0 spiro atoms. The molecular weight excluding hydrogens is 370 g/mol. The first-order valence-electron chi connectivity index (χ1n) is 9.40. The van der Waals surface area contributed by atoms with Gasteiger partial charge in [-0.3, -0.25) is 4.79 Å². The van der Waals surface area contributed by atoms with Crippen LogP contribution < -0.4 is 11.2 Å². The van der Waals surface area contributed by atoms with Crippen molar-refractivity contribution in [2.45, 2.75) is 37.8 Å². The standard InChI is InChI=1S/C21H25N5OS/c1-2-3-7-16-10-12-18(13-11-16)23-20(27)15-28-21-25-24-19(26(21)22)14-17-8-5-4-6-9-17/h4-6,8-13H,2-3,7,14-15,22H2,1H3,(H,23,27). The number of benzene rings is 2. The number of hydrogen-bond acceptors (Lipinski definition) is 5. The van der Waals surface area contributed by atoms with Crippen molar-refractivity contribution in [1.82, 2.24) is 14.9 Å². The topological polar surface area (TPSA) is 85.8 Å². The molecule has 0 saturated carbocycles. The Balaban J connectivity index is 1.50. The van der Waals surface area contributed by atoms with Gasteiger partial charge in [0.25, 0.3) is 0 Å². The molecule has 6 nitrogen and oxygen atoms in total. The van der Waals surface area contributed by atoms with Crippen LogP contribution in [-0.4, -0.2) is 26.5 Å². The van der Waals surface area contributed by atoms with Crippen LogP contribution >= 0.6 is 11.8 Å². The zero-order valence-corrected chi connectivity index (χ0v) is 16.8. The molecule has 0 bridgehead atoms. The molecule has 0 aliphatic heterocycles. The Hall–Kier alpha value is -2.80. The van der Waals surface area contributed by atoms with Gasteiger partial charge in [-0.05, 0) is 36.1 Å². The maximum absolute atomic E-state index is 12.2. The third kappa shape index (κ3) is 5.60. The van der Waals surface area contributed by atoms with Crippen molar-refractivity contribution in [2.75, 3.05) is 16.9 Å². The zero-order chi connectivity index (χ0) is 19.8. The van der Waals surface area contributed by atoms with E-state index in [1.54, 1.807) is 0 Å². The first kappa shape index (κ1) is 19.9. The quantitative estimate of drug-likeness (QED) is 0.427. The fraction of sp³-hybridized carbons (Fsp3) is 0.286. The number of rotatable bonds is 9. The highest BCUT2D eigenvalue weighted by molar-refractivity contribution is 7.99. The Bertz CT molecular complexity index is 893. The van der Waals surface area contributed by atoms with Gasteiger partial charge in [-0.2, -0.15) is 0 Å². The maximum Gasteiger partial charge on any atom is 0.234 e. The molecule has 0 saturated heterocycles. The number of nitrogen functional groups attached to an aromatic ring is 1. The van der Waals surface area contributed by atoms with Crippen molar-refractivity contribution >= 4 is 23.4 Å². The molecule has 1 aromatic heterocycles. The average Bonchev–Trinajstić information content (AvgIpc) is 3.06. The number of thioether (sulfide) groups is 1. The lowest BCUT2D eigenvalue weighted by Gasteiger charge is -2.07. The Morgan fingerprint density at radius 2 is 1.82 bits per heavy atom. The smallest absolute Gasteiger partial charge is 0.234 e. The van der Waals surface area contributed by atoms with Gasteiger partial charge in [-0.15, -0.1) is 10.2 Å². The number of nitrogens with one attached hydrogen (secondary N) is 1. The van der Waals surface area contributed by atoms with Crippen LogP contribution in [0.5, 0.6) is 0 Å². The molecule has 0 fully saturated rings. The van der Waals surface area contributed by atoms with E-state index in [-0.39, 0.29) is 11.7 Å². The molecule has 146 valence electrons. The molecule has 0 radical (unpaired) electrons. The molecule has 1 heterocycles. The van der Waals surface area contributed by atoms with Gasteiger partial charge in [0.15, 0.2) is 5.82 Å². The number of nitrogens with zero attached hydrogens (tertiary/aromatic N) is 3. The highest BCUT2D eigenvalue weighted by atomic mass is 32.2. The maximum atomic E-state index is 12.2. The Morgan fingerprint density at radius 1 is 1.07 bits per heavy atom. The van der Waals surface area contributed by atoms with E-state index in [0.29, 0.717) is 17.4 Å². The number of hydrogen-bond donors (Lipinski definition) is 2. The molecule has 2 aromatic carbocycles. The molecule has 3 N–H and O–H groups in total. The lowest BCUT2D eigenvalue weighted by atomic mass is 10.1. The van der Waals surface area contributed by atoms with Crippen molar-refractivity contribution in [1.29, 1.82) is 0 Å². The van der Waals surface area contributed by atoms with Crippen molar-refractivity contribution in [3.63, 3.8) is 0 Å².